The van der Waals surface area contributed by atoms with Crippen molar-refractivity contribution in [3.8, 4) is 5.75 Å². The van der Waals surface area contributed by atoms with Crippen molar-refractivity contribution in [2.24, 2.45) is 0 Å². The van der Waals surface area contributed by atoms with Crippen LogP contribution < -0.4 is 10.1 Å². The smallest absolute Gasteiger partial charge is 0.201 e. The highest BCUT2D eigenvalue weighted by atomic mass is 35.5. The summed E-state index contributed by atoms with van der Waals surface area (Å²) in [5, 5.41) is 3.98. The van der Waals surface area contributed by atoms with Crippen LogP contribution in [-0.4, -0.2) is 17.1 Å². The number of hydrogen-bond donors (Lipinski definition) is 2. The van der Waals surface area contributed by atoms with Crippen molar-refractivity contribution in [2.45, 2.75) is 6.54 Å². The lowest BCUT2D eigenvalue weighted by Gasteiger charge is -2.04. The Morgan fingerprint density at radius 1 is 1.25 bits per heavy atom. The fraction of sp³-hybridized carbons (Fsp3) is 0.133. The summed E-state index contributed by atoms with van der Waals surface area (Å²) in [7, 11) is 1.65. The summed E-state index contributed by atoms with van der Waals surface area (Å²) in [5.41, 5.74) is 2.87. The number of benzene rings is 2. The second kappa shape index (κ2) is 5.43. The number of aromatic amines is 1. The molecule has 0 saturated heterocycles. The van der Waals surface area contributed by atoms with Gasteiger partial charge in [-0.1, -0.05) is 29.8 Å². The Morgan fingerprint density at radius 3 is 2.90 bits per heavy atom. The van der Waals surface area contributed by atoms with Crippen LogP contribution in [-0.2, 0) is 6.54 Å². The zero-order valence-corrected chi connectivity index (χ0v) is 11.7. The minimum atomic E-state index is 0.622. The summed E-state index contributed by atoms with van der Waals surface area (Å²) in [6, 6.07) is 13.5. The van der Waals surface area contributed by atoms with Crippen molar-refractivity contribution in [1.82, 2.24) is 9.97 Å². The molecule has 3 aromatic rings. The number of nitrogens with zero attached hydrogens (tertiary/aromatic N) is 1. The number of rotatable bonds is 4. The molecule has 2 aromatic carbocycles. The van der Waals surface area contributed by atoms with Gasteiger partial charge in [-0.25, -0.2) is 4.98 Å². The van der Waals surface area contributed by atoms with E-state index in [4.69, 9.17) is 16.3 Å². The molecular formula is C15H14ClN3O. The Kier molecular flexibility index (Phi) is 3.48. The summed E-state index contributed by atoms with van der Waals surface area (Å²) >= 11 is 6.12. The van der Waals surface area contributed by atoms with E-state index in [1.807, 2.05) is 42.5 Å². The molecule has 5 heteroatoms. The van der Waals surface area contributed by atoms with E-state index < -0.39 is 0 Å². The number of methoxy groups -OCH3 is 1. The van der Waals surface area contributed by atoms with Gasteiger partial charge in [-0.05, 0) is 23.8 Å². The molecule has 0 spiro atoms. The number of anilines is 1. The van der Waals surface area contributed by atoms with Gasteiger partial charge in [-0.3, -0.25) is 0 Å². The van der Waals surface area contributed by atoms with Crippen LogP contribution in [0.25, 0.3) is 11.0 Å². The van der Waals surface area contributed by atoms with Gasteiger partial charge in [0.2, 0.25) is 5.95 Å². The van der Waals surface area contributed by atoms with Gasteiger partial charge in [0, 0.05) is 17.6 Å². The molecule has 0 amide bonds. The fourth-order valence-electron chi connectivity index (χ4n) is 2.02. The highest BCUT2D eigenvalue weighted by molar-refractivity contribution is 6.31. The predicted molar refractivity (Wildman–Crippen MR) is 81.4 cm³/mol. The highest BCUT2D eigenvalue weighted by Gasteiger charge is 2.05. The Bertz CT molecular complexity index is 739. The lowest BCUT2D eigenvalue weighted by molar-refractivity contribution is 0.415. The van der Waals surface area contributed by atoms with E-state index in [0.717, 1.165) is 27.4 Å². The van der Waals surface area contributed by atoms with Crippen molar-refractivity contribution < 1.29 is 4.74 Å². The Hall–Kier alpha value is -2.20. The van der Waals surface area contributed by atoms with Gasteiger partial charge < -0.3 is 15.0 Å². The SMILES string of the molecule is COc1ccc2nc(NCc3ccccc3Cl)[nH]c2c1. The van der Waals surface area contributed by atoms with E-state index in [2.05, 4.69) is 15.3 Å². The topological polar surface area (TPSA) is 49.9 Å². The average Bonchev–Trinajstić information content (AvgIpc) is 2.88. The van der Waals surface area contributed by atoms with Gasteiger partial charge in [-0.15, -0.1) is 0 Å². The number of halogens is 1. The summed E-state index contributed by atoms with van der Waals surface area (Å²) < 4.78 is 5.19. The van der Waals surface area contributed by atoms with Crippen LogP contribution in [0.1, 0.15) is 5.56 Å². The van der Waals surface area contributed by atoms with Crippen molar-refractivity contribution >= 4 is 28.6 Å². The van der Waals surface area contributed by atoms with E-state index in [1.54, 1.807) is 7.11 Å². The molecule has 0 atom stereocenters. The lowest BCUT2D eigenvalue weighted by atomic mass is 10.2. The van der Waals surface area contributed by atoms with Crippen LogP contribution in [0.3, 0.4) is 0 Å². The monoisotopic (exact) mass is 287 g/mol. The van der Waals surface area contributed by atoms with Crippen LogP contribution in [0.4, 0.5) is 5.95 Å². The van der Waals surface area contributed by atoms with Crippen molar-refractivity contribution in [2.75, 3.05) is 12.4 Å². The third-order valence-electron chi connectivity index (χ3n) is 3.09. The summed E-state index contributed by atoms with van der Waals surface area (Å²) in [6.45, 7) is 0.622. The minimum absolute atomic E-state index is 0.622. The first-order valence-electron chi connectivity index (χ1n) is 6.27. The highest BCUT2D eigenvalue weighted by Crippen LogP contribution is 2.21. The van der Waals surface area contributed by atoms with Crippen LogP contribution in [0.2, 0.25) is 5.02 Å². The number of aromatic nitrogens is 2. The van der Waals surface area contributed by atoms with Gasteiger partial charge in [0.25, 0.3) is 0 Å². The molecule has 0 bridgehead atoms. The molecule has 0 fully saturated rings. The fourth-order valence-corrected chi connectivity index (χ4v) is 2.22. The quantitative estimate of drug-likeness (QED) is 0.766. The minimum Gasteiger partial charge on any atom is -0.497 e. The van der Waals surface area contributed by atoms with Crippen molar-refractivity contribution in [3.63, 3.8) is 0 Å². The number of imidazole rings is 1. The Balaban J connectivity index is 1.79. The van der Waals surface area contributed by atoms with Gasteiger partial charge in [0.1, 0.15) is 5.75 Å². The molecule has 2 N–H and O–H groups in total. The van der Waals surface area contributed by atoms with Gasteiger partial charge >= 0.3 is 0 Å². The second-order valence-electron chi connectivity index (χ2n) is 4.41. The zero-order valence-electron chi connectivity index (χ0n) is 11.0. The first kappa shape index (κ1) is 12.8. The maximum absolute atomic E-state index is 6.12. The van der Waals surface area contributed by atoms with E-state index >= 15 is 0 Å². The van der Waals surface area contributed by atoms with E-state index in [1.165, 1.54) is 0 Å². The van der Waals surface area contributed by atoms with Crippen molar-refractivity contribution in [1.29, 1.82) is 0 Å². The number of fused-ring (bicyclic) bond motifs is 1. The molecular weight excluding hydrogens is 274 g/mol. The van der Waals surface area contributed by atoms with Gasteiger partial charge in [-0.2, -0.15) is 0 Å². The molecule has 102 valence electrons. The first-order chi connectivity index (χ1) is 9.76. The Labute approximate surface area is 121 Å². The molecule has 0 radical (unpaired) electrons. The first-order valence-corrected chi connectivity index (χ1v) is 6.65. The summed E-state index contributed by atoms with van der Waals surface area (Å²) in [5.74, 6) is 1.52. The average molecular weight is 288 g/mol. The zero-order chi connectivity index (χ0) is 13.9. The molecule has 0 aliphatic carbocycles. The number of hydrogen-bond acceptors (Lipinski definition) is 3. The maximum atomic E-state index is 6.12. The normalized spacial score (nSPS) is 10.7. The summed E-state index contributed by atoms with van der Waals surface area (Å²) in [6.07, 6.45) is 0. The third-order valence-corrected chi connectivity index (χ3v) is 3.46. The molecule has 20 heavy (non-hydrogen) atoms. The standard InChI is InChI=1S/C15H14ClN3O/c1-20-11-6-7-13-14(8-11)19-15(18-13)17-9-10-4-2-3-5-12(10)16/h2-8H,9H2,1H3,(H2,17,18,19). The van der Waals surface area contributed by atoms with Gasteiger partial charge in [0.15, 0.2) is 0 Å². The molecule has 0 aliphatic rings. The third kappa shape index (κ3) is 2.56. The maximum Gasteiger partial charge on any atom is 0.201 e. The van der Waals surface area contributed by atoms with Crippen LogP contribution in [0.5, 0.6) is 5.75 Å². The van der Waals surface area contributed by atoms with E-state index in [-0.39, 0.29) is 0 Å². The molecule has 0 saturated carbocycles. The number of H-pyrrole nitrogens is 1. The van der Waals surface area contributed by atoms with Crippen LogP contribution in [0, 0.1) is 0 Å². The second-order valence-corrected chi connectivity index (χ2v) is 4.82. The van der Waals surface area contributed by atoms with Crippen molar-refractivity contribution in [3.05, 3.63) is 53.1 Å². The van der Waals surface area contributed by atoms with Crippen LogP contribution >= 0.6 is 11.6 Å². The van der Waals surface area contributed by atoms with E-state index in [9.17, 15) is 0 Å². The predicted octanol–water partition coefficient (Wildman–Crippen LogP) is 3.84. The molecule has 1 heterocycles. The molecule has 3 rings (SSSR count). The van der Waals surface area contributed by atoms with Gasteiger partial charge in [0.05, 0.1) is 18.1 Å². The van der Waals surface area contributed by atoms with E-state index in [0.29, 0.717) is 12.5 Å². The number of ether oxygens (including phenoxy) is 1. The number of nitrogens with one attached hydrogen (secondary N) is 2. The summed E-state index contributed by atoms with van der Waals surface area (Å²) in [4.78, 5) is 7.68. The largest absolute Gasteiger partial charge is 0.497 e. The molecule has 0 unspecified atom stereocenters. The lowest BCUT2D eigenvalue weighted by Crippen LogP contribution is -2.01. The molecule has 1 aromatic heterocycles. The molecule has 0 aliphatic heterocycles. The molecule has 4 nitrogen and oxygen atoms in total. The van der Waals surface area contributed by atoms with Crippen LogP contribution in [0.15, 0.2) is 42.5 Å². The Morgan fingerprint density at radius 2 is 2.10 bits per heavy atom.